The number of halogens is 1. The van der Waals surface area contributed by atoms with Crippen molar-refractivity contribution in [1.82, 2.24) is 9.88 Å². The van der Waals surface area contributed by atoms with Gasteiger partial charge >= 0.3 is 5.97 Å². The van der Waals surface area contributed by atoms with Crippen LogP contribution >= 0.6 is 11.6 Å². The number of aromatic nitrogens is 1. The molecule has 2 aromatic rings. The van der Waals surface area contributed by atoms with Crippen molar-refractivity contribution in [3.63, 3.8) is 0 Å². The third-order valence-corrected chi connectivity index (χ3v) is 4.92. The molecule has 3 rings (SSSR count). The molecule has 0 atom stereocenters. The van der Waals surface area contributed by atoms with Crippen LogP contribution in [0.5, 0.6) is 0 Å². The Balaban J connectivity index is 1.72. The number of hydrogen-bond donors (Lipinski definition) is 2. The number of carbonyl (C=O) groups is 2. The maximum absolute atomic E-state index is 12.3. The molecule has 2 N–H and O–H groups in total. The second-order valence-corrected chi connectivity index (χ2v) is 7.03. The molecule has 29 heavy (non-hydrogen) atoms. The molecule has 1 fully saturated rings. The number of nitrogens with zero attached hydrogens (tertiary/aromatic N) is 4. The van der Waals surface area contributed by atoms with Gasteiger partial charge in [-0.3, -0.25) is 9.69 Å². The van der Waals surface area contributed by atoms with E-state index in [0.717, 1.165) is 13.1 Å². The molecule has 1 amide bonds. The fourth-order valence-corrected chi connectivity index (χ4v) is 3.26. The summed E-state index contributed by atoms with van der Waals surface area (Å²) in [5.74, 6) is -1.11. The molecule has 0 unspecified atom stereocenters. The minimum absolute atomic E-state index is 0.0318. The zero-order chi connectivity index (χ0) is 20.8. The standard InChI is InChI=1S/C20H20ClN5O3/c21-15-4-2-14(3-5-15)19(27)24-16-12-17(20(28)29)18(23-13-16)26-10-8-25(9-11-26)7-1-6-22/h2-5,12-13H,1,7-11H2,(H,24,27)(H,28,29). The highest BCUT2D eigenvalue weighted by atomic mass is 35.5. The first kappa shape index (κ1) is 20.6. The van der Waals surface area contributed by atoms with Crippen LogP contribution in [0.3, 0.4) is 0 Å². The molecule has 1 aliphatic rings. The minimum Gasteiger partial charge on any atom is -0.478 e. The number of aromatic carboxylic acids is 1. The van der Waals surface area contributed by atoms with E-state index in [-0.39, 0.29) is 11.5 Å². The molecule has 150 valence electrons. The summed E-state index contributed by atoms with van der Waals surface area (Å²) in [6.45, 7) is 3.42. The molecule has 0 spiro atoms. The molecule has 1 aromatic heterocycles. The molecular weight excluding hydrogens is 394 g/mol. The Hall–Kier alpha value is -3.15. The Morgan fingerprint density at radius 1 is 1.21 bits per heavy atom. The Morgan fingerprint density at radius 3 is 2.52 bits per heavy atom. The van der Waals surface area contributed by atoms with Crippen molar-refractivity contribution in [1.29, 1.82) is 5.26 Å². The van der Waals surface area contributed by atoms with Crippen LogP contribution in [0.2, 0.25) is 5.02 Å². The molecule has 0 saturated carbocycles. The summed E-state index contributed by atoms with van der Waals surface area (Å²) in [6, 6.07) is 9.94. The van der Waals surface area contributed by atoms with Gasteiger partial charge in [0.2, 0.25) is 0 Å². The number of benzene rings is 1. The van der Waals surface area contributed by atoms with Gasteiger partial charge in [-0.2, -0.15) is 5.26 Å². The van der Waals surface area contributed by atoms with E-state index in [1.807, 2.05) is 4.90 Å². The molecule has 8 nitrogen and oxygen atoms in total. The first-order valence-electron chi connectivity index (χ1n) is 9.12. The van der Waals surface area contributed by atoms with Crippen molar-refractivity contribution in [2.75, 3.05) is 42.9 Å². The number of rotatable bonds is 6. The first-order chi connectivity index (χ1) is 14.0. The second-order valence-electron chi connectivity index (χ2n) is 6.60. The summed E-state index contributed by atoms with van der Waals surface area (Å²) in [7, 11) is 0. The van der Waals surface area contributed by atoms with Gasteiger partial charge in [0.05, 0.1) is 18.0 Å². The van der Waals surface area contributed by atoms with Gasteiger partial charge in [-0.05, 0) is 30.3 Å². The lowest BCUT2D eigenvalue weighted by Gasteiger charge is -2.35. The van der Waals surface area contributed by atoms with Crippen LogP contribution in [0, 0.1) is 11.3 Å². The highest BCUT2D eigenvalue weighted by Gasteiger charge is 2.23. The van der Waals surface area contributed by atoms with Crippen molar-refractivity contribution < 1.29 is 14.7 Å². The van der Waals surface area contributed by atoms with Crippen LogP contribution in [0.15, 0.2) is 36.5 Å². The SMILES string of the molecule is N#CCCN1CCN(c2ncc(NC(=O)c3ccc(Cl)cc3)cc2C(=O)O)CC1. The zero-order valence-electron chi connectivity index (χ0n) is 15.6. The van der Waals surface area contributed by atoms with E-state index in [4.69, 9.17) is 16.9 Å². The van der Waals surface area contributed by atoms with Crippen LogP contribution in [0.1, 0.15) is 27.1 Å². The van der Waals surface area contributed by atoms with Crippen molar-refractivity contribution in [3.8, 4) is 6.07 Å². The fraction of sp³-hybridized carbons (Fsp3) is 0.300. The molecule has 0 aliphatic carbocycles. The first-order valence-corrected chi connectivity index (χ1v) is 9.50. The topological polar surface area (TPSA) is 110 Å². The van der Waals surface area contributed by atoms with Crippen molar-refractivity contribution in [2.24, 2.45) is 0 Å². The van der Waals surface area contributed by atoms with Crippen LogP contribution in [0.4, 0.5) is 11.5 Å². The Labute approximate surface area is 173 Å². The number of piperazine rings is 1. The van der Waals surface area contributed by atoms with Crippen LogP contribution in [-0.4, -0.2) is 59.6 Å². The number of nitrogens with one attached hydrogen (secondary N) is 1. The number of carboxylic acid groups (broad SMARTS) is 1. The van der Waals surface area contributed by atoms with Crippen molar-refractivity contribution in [2.45, 2.75) is 6.42 Å². The van der Waals surface area contributed by atoms with Gasteiger partial charge in [0.1, 0.15) is 11.4 Å². The van der Waals surface area contributed by atoms with E-state index in [2.05, 4.69) is 21.3 Å². The number of nitriles is 1. The predicted octanol–water partition coefficient (Wildman–Crippen LogP) is 2.72. The van der Waals surface area contributed by atoms with Crippen molar-refractivity contribution >= 4 is 35.0 Å². The molecule has 1 aromatic carbocycles. The Kier molecular flexibility index (Phi) is 6.65. The van der Waals surface area contributed by atoms with Gasteiger partial charge in [-0.15, -0.1) is 0 Å². The lowest BCUT2D eigenvalue weighted by molar-refractivity contribution is 0.0696. The number of carboxylic acids is 1. The molecule has 2 heterocycles. The smallest absolute Gasteiger partial charge is 0.339 e. The van der Waals surface area contributed by atoms with Gasteiger partial charge < -0.3 is 15.3 Å². The maximum atomic E-state index is 12.3. The van der Waals surface area contributed by atoms with Crippen molar-refractivity contribution in [3.05, 3.63) is 52.7 Å². The number of hydrogen-bond acceptors (Lipinski definition) is 6. The minimum atomic E-state index is -1.11. The van der Waals surface area contributed by atoms with Gasteiger partial charge in [0.15, 0.2) is 0 Å². The molecule has 1 saturated heterocycles. The largest absolute Gasteiger partial charge is 0.478 e. The van der Waals surface area contributed by atoms with E-state index >= 15 is 0 Å². The third kappa shape index (κ3) is 5.22. The summed E-state index contributed by atoms with van der Waals surface area (Å²) >= 11 is 5.83. The fourth-order valence-electron chi connectivity index (χ4n) is 3.13. The van der Waals surface area contributed by atoms with E-state index in [1.165, 1.54) is 12.3 Å². The lowest BCUT2D eigenvalue weighted by Crippen LogP contribution is -2.47. The van der Waals surface area contributed by atoms with Gasteiger partial charge in [-0.1, -0.05) is 11.6 Å². The predicted molar refractivity (Wildman–Crippen MR) is 109 cm³/mol. The lowest BCUT2D eigenvalue weighted by atomic mass is 10.2. The van der Waals surface area contributed by atoms with Gasteiger partial charge in [-0.25, -0.2) is 9.78 Å². The van der Waals surface area contributed by atoms with Crippen LogP contribution in [0.25, 0.3) is 0 Å². The van der Waals surface area contributed by atoms with E-state index in [9.17, 15) is 14.7 Å². The van der Waals surface area contributed by atoms with E-state index in [0.29, 0.717) is 48.1 Å². The highest BCUT2D eigenvalue weighted by molar-refractivity contribution is 6.30. The van der Waals surface area contributed by atoms with Crippen LogP contribution < -0.4 is 10.2 Å². The summed E-state index contributed by atoms with van der Waals surface area (Å²) in [4.78, 5) is 32.5. The summed E-state index contributed by atoms with van der Waals surface area (Å²) in [5, 5.41) is 21.5. The zero-order valence-corrected chi connectivity index (χ0v) is 16.4. The normalized spacial score (nSPS) is 14.3. The quantitative estimate of drug-likeness (QED) is 0.749. The van der Waals surface area contributed by atoms with Gasteiger partial charge in [0, 0.05) is 49.7 Å². The average molecular weight is 414 g/mol. The van der Waals surface area contributed by atoms with Crippen LogP contribution in [-0.2, 0) is 0 Å². The summed E-state index contributed by atoms with van der Waals surface area (Å²) in [6.07, 6.45) is 1.93. The monoisotopic (exact) mass is 413 g/mol. The molecule has 0 radical (unpaired) electrons. The average Bonchev–Trinajstić information content (AvgIpc) is 2.73. The Morgan fingerprint density at radius 2 is 1.90 bits per heavy atom. The molecular formula is C20H20ClN5O3. The second kappa shape index (κ2) is 9.37. The third-order valence-electron chi connectivity index (χ3n) is 4.67. The summed E-state index contributed by atoms with van der Waals surface area (Å²) < 4.78 is 0. The maximum Gasteiger partial charge on any atom is 0.339 e. The van der Waals surface area contributed by atoms with Gasteiger partial charge in [0.25, 0.3) is 5.91 Å². The number of carbonyl (C=O) groups excluding carboxylic acids is 1. The number of amides is 1. The van der Waals surface area contributed by atoms with E-state index < -0.39 is 5.97 Å². The highest BCUT2D eigenvalue weighted by Crippen LogP contribution is 2.23. The van der Waals surface area contributed by atoms with E-state index in [1.54, 1.807) is 24.3 Å². The summed E-state index contributed by atoms with van der Waals surface area (Å²) in [5.41, 5.74) is 0.743. The number of pyridine rings is 1. The molecule has 0 bridgehead atoms. The molecule has 9 heteroatoms. The number of anilines is 2. The molecule has 1 aliphatic heterocycles. The Bertz CT molecular complexity index is 934.